The van der Waals surface area contributed by atoms with Gasteiger partial charge in [0.2, 0.25) is 0 Å². The number of hydrogen-bond donors (Lipinski definition) is 1. The topological polar surface area (TPSA) is 90.1 Å². The highest BCUT2D eigenvalue weighted by molar-refractivity contribution is 7.07. The Morgan fingerprint density at radius 1 is 1.09 bits per heavy atom. The van der Waals surface area contributed by atoms with E-state index in [4.69, 9.17) is 26.1 Å². The summed E-state index contributed by atoms with van der Waals surface area (Å²) in [4.78, 5) is 33.1. The molecule has 0 bridgehead atoms. The Kier molecular flexibility index (Phi) is 9.33. The molecule has 0 saturated carbocycles. The molecule has 4 rings (SSSR count). The van der Waals surface area contributed by atoms with Crippen molar-refractivity contribution in [2.75, 3.05) is 13.7 Å². The van der Waals surface area contributed by atoms with Crippen LogP contribution >= 0.6 is 22.9 Å². The van der Waals surface area contributed by atoms with Gasteiger partial charge in [-0.3, -0.25) is 9.36 Å². The Morgan fingerprint density at radius 3 is 2.26 bits per heavy atom. The van der Waals surface area contributed by atoms with E-state index in [0.717, 1.165) is 23.1 Å². The van der Waals surface area contributed by atoms with E-state index in [-0.39, 0.29) is 28.7 Å². The second-order valence-electron chi connectivity index (χ2n) is 12.8. The zero-order valence-corrected chi connectivity index (χ0v) is 28.0. The number of hydrogen-bond acceptors (Lipinski definition) is 7. The maximum Gasteiger partial charge on any atom is 0.338 e. The molecule has 0 amide bonds. The highest BCUT2D eigenvalue weighted by Gasteiger charge is 2.36. The first-order valence-electron chi connectivity index (χ1n) is 14.6. The average molecular weight is 625 g/mol. The van der Waals surface area contributed by atoms with Gasteiger partial charge in [-0.1, -0.05) is 77.8 Å². The zero-order valence-electron chi connectivity index (χ0n) is 26.4. The van der Waals surface area contributed by atoms with Crippen LogP contribution in [-0.4, -0.2) is 29.4 Å². The fourth-order valence-corrected chi connectivity index (χ4v) is 6.57. The molecule has 3 aromatic rings. The third-order valence-electron chi connectivity index (χ3n) is 7.42. The molecule has 0 radical (unpaired) electrons. The summed E-state index contributed by atoms with van der Waals surface area (Å²) in [6.07, 6.45) is 3.11. The molecule has 0 aliphatic carbocycles. The fourth-order valence-electron chi connectivity index (χ4n) is 5.37. The van der Waals surface area contributed by atoms with Gasteiger partial charge < -0.3 is 14.6 Å². The molecular formula is C34H41ClN2O5S. The van der Waals surface area contributed by atoms with E-state index in [2.05, 4.69) is 41.5 Å². The summed E-state index contributed by atoms with van der Waals surface area (Å²) in [6, 6.07) is 8.19. The normalized spacial score (nSPS) is 15.8. The number of allylic oxidation sites excluding steroid dienone is 1. The Labute approximate surface area is 262 Å². The van der Waals surface area contributed by atoms with Crippen molar-refractivity contribution in [1.82, 2.24) is 4.57 Å². The van der Waals surface area contributed by atoms with Crippen LogP contribution in [0.3, 0.4) is 0 Å². The molecule has 1 N–H and O–H groups in total. The number of carbonyl (C=O) groups excluding carboxylic acids is 1. The highest BCUT2D eigenvalue weighted by Crippen LogP contribution is 2.41. The number of nitrogens with zero attached hydrogens (tertiary/aromatic N) is 2. The number of phenolic OH excluding ortho intramolecular Hbond substituents is 1. The molecule has 1 aliphatic rings. The van der Waals surface area contributed by atoms with Gasteiger partial charge >= 0.3 is 5.97 Å². The molecule has 1 atom stereocenters. The second-order valence-corrected chi connectivity index (χ2v) is 14.2. The summed E-state index contributed by atoms with van der Waals surface area (Å²) in [5, 5.41) is 11.7. The van der Waals surface area contributed by atoms with Crippen molar-refractivity contribution >= 4 is 35.0 Å². The van der Waals surface area contributed by atoms with E-state index in [1.807, 2.05) is 25.1 Å². The van der Waals surface area contributed by atoms with E-state index < -0.39 is 12.0 Å². The molecule has 2 heterocycles. The maximum atomic E-state index is 14.3. The average Bonchev–Trinajstić information content (AvgIpc) is 3.22. The van der Waals surface area contributed by atoms with Crippen molar-refractivity contribution in [3.8, 4) is 11.5 Å². The third-order valence-corrected chi connectivity index (χ3v) is 8.64. The van der Waals surface area contributed by atoms with Gasteiger partial charge in [-0.05, 0) is 66.1 Å². The summed E-state index contributed by atoms with van der Waals surface area (Å²) < 4.78 is 13.2. The van der Waals surface area contributed by atoms with Gasteiger partial charge in [-0.2, -0.15) is 0 Å². The molecule has 43 heavy (non-hydrogen) atoms. The van der Waals surface area contributed by atoms with E-state index >= 15 is 0 Å². The predicted molar refractivity (Wildman–Crippen MR) is 173 cm³/mol. The number of ether oxygens (including phenoxy) is 2. The standard InChI is InChI=1S/C34H41ClN2O5S/c1-10-12-24-27(31(40)42-11-2)28(21-18-20(35)13-14-25(21)41-9)37-30(39)26(43-32(37)36-24)17-19-15-22(33(3,4)5)29(38)23(16-19)34(6,7)8/h13-18,28,38H,10-12H2,1-9H3/b26-17+/t28-/m0/s1. The van der Waals surface area contributed by atoms with Gasteiger partial charge in [0.25, 0.3) is 5.56 Å². The Balaban J connectivity index is 2.08. The number of phenols is 1. The largest absolute Gasteiger partial charge is 0.507 e. The van der Waals surface area contributed by atoms with Crippen molar-refractivity contribution < 1.29 is 19.4 Å². The van der Waals surface area contributed by atoms with Crippen LogP contribution in [0.15, 0.2) is 51.4 Å². The molecule has 9 heteroatoms. The quantitative estimate of drug-likeness (QED) is 0.302. The number of methoxy groups -OCH3 is 1. The molecular weight excluding hydrogens is 584 g/mol. The van der Waals surface area contributed by atoms with Crippen LogP contribution in [0, 0.1) is 0 Å². The van der Waals surface area contributed by atoms with Crippen LogP contribution in [0.1, 0.15) is 96.5 Å². The number of rotatable bonds is 7. The molecule has 2 aromatic carbocycles. The van der Waals surface area contributed by atoms with Crippen LogP contribution in [-0.2, 0) is 20.4 Å². The third kappa shape index (κ3) is 6.46. The van der Waals surface area contributed by atoms with Crippen LogP contribution in [0.25, 0.3) is 6.08 Å². The lowest BCUT2D eigenvalue weighted by Gasteiger charge is -2.27. The minimum absolute atomic E-state index is 0.179. The first kappa shape index (κ1) is 32.6. The molecule has 1 aliphatic heterocycles. The lowest BCUT2D eigenvalue weighted by Crippen LogP contribution is -2.40. The highest BCUT2D eigenvalue weighted by atomic mass is 35.5. The summed E-state index contributed by atoms with van der Waals surface area (Å²) in [5.74, 6) is 0.237. The summed E-state index contributed by atoms with van der Waals surface area (Å²) in [7, 11) is 1.54. The SMILES string of the molecule is CCCC1=C(C(=O)OCC)[C@H](c2cc(Cl)ccc2OC)n2c(s/c(=C/c3cc(C(C)(C)C)c(O)c(C(C)(C)C)c3)c2=O)=N1. The van der Waals surface area contributed by atoms with Gasteiger partial charge in [-0.15, -0.1) is 0 Å². The fraction of sp³-hybridized carbons (Fsp3) is 0.441. The minimum Gasteiger partial charge on any atom is -0.507 e. The Morgan fingerprint density at radius 2 is 1.72 bits per heavy atom. The van der Waals surface area contributed by atoms with Crippen LogP contribution in [0.2, 0.25) is 5.02 Å². The summed E-state index contributed by atoms with van der Waals surface area (Å²) in [5.41, 5.74) is 2.91. The summed E-state index contributed by atoms with van der Waals surface area (Å²) >= 11 is 7.72. The lowest BCUT2D eigenvalue weighted by molar-refractivity contribution is -0.139. The van der Waals surface area contributed by atoms with Crippen LogP contribution < -0.4 is 19.6 Å². The van der Waals surface area contributed by atoms with E-state index in [9.17, 15) is 14.7 Å². The van der Waals surface area contributed by atoms with E-state index in [1.54, 1.807) is 36.8 Å². The minimum atomic E-state index is -0.845. The molecule has 0 saturated heterocycles. The van der Waals surface area contributed by atoms with Gasteiger partial charge in [0, 0.05) is 21.7 Å². The lowest BCUT2D eigenvalue weighted by atomic mass is 9.78. The molecule has 0 fully saturated rings. The van der Waals surface area contributed by atoms with E-state index in [1.165, 1.54) is 11.3 Å². The predicted octanol–water partition coefficient (Wildman–Crippen LogP) is 6.54. The number of benzene rings is 2. The Hall–Kier alpha value is -3.36. The molecule has 1 aromatic heterocycles. The first-order valence-corrected chi connectivity index (χ1v) is 15.7. The molecule has 230 valence electrons. The van der Waals surface area contributed by atoms with Gasteiger partial charge in [0.15, 0.2) is 4.80 Å². The number of halogens is 1. The molecule has 0 unspecified atom stereocenters. The monoisotopic (exact) mass is 624 g/mol. The van der Waals surface area contributed by atoms with Crippen molar-refractivity contribution in [1.29, 1.82) is 0 Å². The van der Waals surface area contributed by atoms with Crippen molar-refractivity contribution in [3.63, 3.8) is 0 Å². The zero-order chi connectivity index (χ0) is 31.9. The second kappa shape index (κ2) is 12.3. The first-order chi connectivity index (χ1) is 20.1. The number of thiazole rings is 1. The molecule has 7 nitrogen and oxygen atoms in total. The van der Waals surface area contributed by atoms with Gasteiger partial charge in [0.1, 0.15) is 17.5 Å². The van der Waals surface area contributed by atoms with E-state index in [0.29, 0.717) is 43.4 Å². The van der Waals surface area contributed by atoms with Gasteiger partial charge in [0.05, 0.1) is 29.5 Å². The maximum absolute atomic E-state index is 14.3. The smallest absolute Gasteiger partial charge is 0.338 e. The number of fused-ring (bicyclic) bond motifs is 1. The van der Waals surface area contributed by atoms with Crippen LogP contribution in [0.4, 0.5) is 0 Å². The summed E-state index contributed by atoms with van der Waals surface area (Å²) in [6.45, 7) is 16.3. The van der Waals surface area contributed by atoms with Crippen LogP contribution in [0.5, 0.6) is 11.5 Å². The number of aromatic hydroxyl groups is 1. The van der Waals surface area contributed by atoms with Gasteiger partial charge in [-0.25, -0.2) is 9.79 Å². The number of esters is 1. The number of carbonyl (C=O) groups is 1. The number of aromatic nitrogens is 1. The Bertz CT molecular complexity index is 1730. The molecule has 0 spiro atoms. The van der Waals surface area contributed by atoms with Crippen molar-refractivity contribution in [2.45, 2.75) is 85.1 Å². The van der Waals surface area contributed by atoms with Crippen molar-refractivity contribution in [2.24, 2.45) is 4.99 Å². The van der Waals surface area contributed by atoms with Crippen molar-refractivity contribution in [3.05, 3.63) is 88.6 Å².